The third-order valence-corrected chi connectivity index (χ3v) is 5.17. The summed E-state index contributed by atoms with van der Waals surface area (Å²) in [6, 6.07) is 3.07. The number of carbonyl (C=O) groups is 1. The molecule has 0 saturated heterocycles. The van der Waals surface area contributed by atoms with Crippen molar-refractivity contribution in [2.75, 3.05) is 6.61 Å². The summed E-state index contributed by atoms with van der Waals surface area (Å²) in [6.45, 7) is 6.08. The number of hydrogen-bond donors (Lipinski definition) is 1. The van der Waals surface area contributed by atoms with Crippen LogP contribution in [0.3, 0.4) is 0 Å². The van der Waals surface area contributed by atoms with Gasteiger partial charge < -0.3 is 4.74 Å². The average Bonchev–Trinajstić information content (AvgIpc) is 2.81. The van der Waals surface area contributed by atoms with Crippen molar-refractivity contribution in [3.63, 3.8) is 0 Å². The largest absolute Gasteiger partial charge is 0.369 e. The minimum atomic E-state index is -3.76. The van der Waals surface area contributed by atoms with Gasteiger partial charge in [0.1, 0.15) is 10.3 Å². The van der Waals surface area contributed by atoms with E-state index in [1.165, 1.54) is 6.07 Å². The first-order valence-corrected chi connectivity index (χ1v) is 8.41. The maximum atomic E-state index is 11.8. The minimum absolute atomic E-state index is 0.121. The molecule has 1 aromatic heterocycles. The Hall–Kier alpha value is -0.920. The van der Waals surface area contributed by atoms with Crippen molar-refractivity contribution in [3.8, 4) is 0 Å². The average molecular weight is 305 g/mol. The molecule has 0 spiro atoms. The zero-order valence-corrected chi connectivity index (χ0v) is 12.9. The van der Waals surface area contributed by atoms with E-state index in [-0.39, 0.29) is 4.21 Å². The van der Waals surface area contributed by atoms with Gasteiger partial charge in [-0.05, 0) is 30.7 Å². The fraction of sp³-hybridized carbons (Fsp3) is 0.583. The molecule has 0 aliphatic rings. The molecule has 1 amide bonds. The van der Waals surface area contributed by atoms with Crippen LogP contribution in [0, 0.1) is 5.92 Å². The molecule has 0 bridgehead atoms. The molecule has 5 nitrogen and oxygen atoms in total. The van der Waals surface area contributed by atoms with Crippen molar-refractivity contribution in [1.82, 2.24) is 4.72 Å². The highest BCUT2D eigenvalue weighted by atomic mass is 32.2. The van der Waals surface area contributed by atoms with E-state index < -0.39 is 22.0 Å². The lowest BCUT2D eigenvalue weighted by Crippen LogP contribution is -2.38. The predicted octanol–water partition coefficient (Wildman–Crippen LogP) is 2.00. The molecule has 0 aromatic carbocycles. The number of hydrogen-bond acceptors (Lipinski definition) is 5. The fourth-order valence-corrected chi connectivity index (χ4v) is 3.27. The first kappa shape index (κ1) is 16.1. The van der Waals surface area contributed by atoms with Gasteiger partial charge in [-0.2, -0.15) is 0 Å². The Morgan fingerprint density at radius 3 is 2.63 bits per heavy atom. The summed E-state index contributed by atoms with van der Waals surface area (Å²) in [5.74, 6) is -0.165. The summed E-state index contributed by atoms with van der Waals surface area (Å²) < 4.78 is 31.1. The second-order valence-corrected chi connectivity index (χ2v) is 7.45. The number of thiophene rings is 1. The maximum absolute atomic E-state index is 11.8. The van der Waals surface area contributed by atoms with Gasteiger partial charge in [0.05, 0.1) is 0 Å². The van der Waals surface area contributed by atoms with Crippen LogP contribution in [0.25, 0.3) is 0 Å². The Balaban J connectivity index is 2.50. The number of nitrogens with one attached hydrogen (secondary N) is 1. The first-order chi connectivity index (χ1) is 8.83. The summed E-state index contributed by atoms with van der Waals surface area (Å²) in [6.07, 6.45) is 0.0449. The first-order valence-electron chi connectivity index (χ1n) is 6.04. The molecule has 0 aliphatic heterocycles. The van der Waals surface area contributed by atoms with Gasteiger partial charge in [-0.3, -0.25) is 4.79 Å². The van der Waals surface area contributed by atoms with Gasteiger partial charge in [0.25, 0.3) is 15.9 Å². The Labute approximate surface area is 118 Å². The molecule has 1 rings (SSSR count). The molecule has 0 unspecified atom stereocenters. The molecule has 1 heterocycles. The Kier molecular flexibility index (Phi) is 5.96. The molecular formula is C12H19NO4S2. The summed E-state index contributed by atoms with van der Waals surface area (Å²) in [4.78, 5) is 11.7. The molecule has 7 heteroatoms. The van der Waals surface area contributed by atoms with Crippen LogP contribution < -0.4 is 4.72 Å². The summed E-state index contributed by atoms with van der Waals surface area (Å²) in [5.41, 5.74) is 0. The van der Waals surface area contributed by atoms with E-state index in [0.29, 0.717) is 12.5 Å². The number of amides is 1. The van der Waals surface area contributed by atoms with Gasteiger partial charge in [0.15, 0.2) is 0 Å². The zero-order valence-electron chi connectivity index (χ0n) is 11.3. The van der Waals surface area contributed by atoms with Gasteiger partial charge >= 0.3 is 0 Å². The summed E-state index contributed by atoms with van der Waals surface area (Å²) in [7, 11) is -3.76. The molecular weight excluding hydrogens is 286 g/mol. The van der Waals surface area contributed by atoms with Crippen LogP contribution in [-0.2, 0) is 19.6 Å². The van der Waals surface area contributed by atoms with Crippen LogP contribution in [-0.4, -0.2) is 27.0 Å². The van der Waals surface area contributed by atoms with Crippen LogP contribution in [0.2, 0.25) is 0 Å². The second-order valence-electron chi connectivity index (χ2n) is 4.60. The number of carbonyl (C=O) groups excluding carboxylic acids is 1. The van der Waals surface area contributed by atoms with Gasteiger partial charge in [-0.15, -0.1) is 11.3 Å². The SMILES string of the molecule is CC(C)CCO[C@@H](C)C(=O)NS(=O)(=O)c1cccs1. The number of ether oxygens (including phenoxy) is 1. The van der Waals surface area contributed by atoms with E-state index in [4.69, 9.17) is 4.74 Å². The van der Waals surface area contributed by atoms with E-state index in [2.05, 4.69) is 13.8 Å². The van der Waals surface area contributed by atoms with Crippen LogP contribution in [0.5, 0.6) is 0 Å². The third-order valence-electron chi connectivity index (χ3n) is 2.43. The normalized spacial score (nSPS) is 13.5. The second kappa shape index (κ2) is 7.02. The predicted molar refractivity (Wildman–Crippen MR) is 74.5 cm³/mol. The molecule has 1 N–H and O–H groups in total. The van der Waals surface area contributed by atoms with E-state index in [0.717, 1.165) is 17.8 Å². The molecule has 0 radical (unpaired) electrons. The van der Waals surface area contributed by atoms with Crippen molar-refractivity contribution in [2.24, 2.45) is 5.92 Å². The molecule has 1 atom stereocenters. The number of rotatable bonds is 7. The van der Waals surface area contributed by atoms with Gasteiger partial charge in [0.2, 0.25) is 0 Å². The summed E-state index contributed by atoms with van der Waals surface area (Å²) in [5, 5.41) is 1.64. The van der Waals surface area contributed by atoms with Crippen LogP contribution >= 0.6 is 11.3 Å². The smallest absolute Gasteiger partial charge is 0.273 e. The highest BCUT2D eigenvalue weighted by molar-refractivity contribution is 7.92. The lowest BCUT2D eigenvalue weighted by atomic mass is 10.1. The molecule has 0 aliphatic carbocycles. The highest BCUT2D eigenvalue weighted by Crippen LogP contribution is 2.15. The lowest BCUT2D eigenvalue weighted by molar-refractivity contribution is -0.130. The fourth-order valence-electron chi connectivity index (χ4n) is 1.24. The van der Waals surface area contributed by atoms with Crippen molar-refractivity contribution in [2.45, 2.75) is 37.5 Å². The van der Waals surface area contributed by atoms with E-state index in [1.807, 2.05) is 4.72 Å². The number of sulfonamides is 1. The topological polar surface area (TPSA) is 72.5 Å². The zero-order chi connectivity index (χ0) is 14.5. The van der Waals surface area contributed by atoms with Crippen molar-refractivity contribution >= 4 is 27.3 Å². The lowest BCUT2D eigenvalue weighted by Gasteiger charge is -2.13. The van der Waals surface area contributed by atoms with Crippen molar-refractivity contribution < 1.29 is 17.9 Å². The maximum Gasteiger partial charge on any atom is 0.273 e. The molecule has 108 valence electrons. The van der Waals surface area contributed by atoms with Crippen LogP contribution in [0.1, 0.15) is 27.2 Å². The van der Waals surface area contributed by atoms with Gasteiger partial charge in [-0.25, -0.2) is 13.1 Å². The van der Waals surface area contributed by atoms with Crippen LogP contribution in [0.4, 0.5) is 0 Å². The molecule has 1 aromatic rings. The van der Waals surface area contributed by atoms with Crippen LogP contribution in [0.15, 0.2) is 21.7 Å². The monoisotopic (exact) mass is 305 g/mol. The molecule has 0 saturated carbocycles. The van der Waals surface area contributed by atoms with Gasteiger partial charge in [-0.1, -0.05) is 19.9 Å². The Bertz CT molecular complexity index is 494. The van der Waals surface area contributed by atoms with E-state index in [1.54, 1.807) is 18.4 Å². The van der Waals surface area contributed by atoms with Crippen molar-refractivity contribution in [3.05, 3.63) is 17.5 Å². The van der Waals surface area contributed by atoms with E-state index >= 15 is 0 Å². The van der Waals surface area contributed by atoms with E-state index in [9.17, 15) is 13.2 Å². The standard InChI is InChI=1S/C12H19NO4S2/c1-9(2)6-7-17-10(3)12(14)13-19(15,16)11-5-4-8-18-11/h4-5,8-10H,6-7H2,1-3H3,(H,13,14)/t10-/m0/s1. The molecule has 0 fully saturated rings. The van der Waals surface area contributed by atoms with Crippen molar-refractivity contribution in [1.29, 1.82) is 0 Å². The summed E-state index contributed by atoms with van der Waals surface area (Å²) >= 11 is 1.06. The minimum Gasteiger partial charge on any atom is -0.369 e. The van der Waals surface area contributed by atoms with Gasteiger partial charge in [0, 0.05) is 6.61 Å². The highest BCUT2D eigenvalue weighted by Gasteiger charge is 2.22. The third kappa shape index (κ3) is 5.30. The quantitative estimate of drug-likeness (QED) is 0.836. The Morgan fingerprint density at radius 2 is 2.11 bits per heavy atom. The molecule has 19 heavy (non-hydrogen) atoms. The Morgan fingerprint density at radius 1 is 1.42 bits per heavy atom.